The van der Waals surface area contributed by atoms with Gasteiger partial charge in [-0.15, -0.1) is 0 Å². The van der Waals surface area contributed by atoms with Gasteiger partial charge in [0.05, 0.1) is 12.5 Å². The summed E-state index contributed by atoms with van der Waals surface area (Å²) >= 11 is 0. The van der Waals surface area contributed by atoms with Crippen molar-refractivity contribution in [3.05, 3.63) is 72.2 Å². The summed E-state index contributed by atoms with van der Waals surface area (Å²) in [4.78, 5) is 14.2. The lowest BCUT2D eigenvalue weighted by atomic mass is 10.1. The van der Waals surface area contributed by atoms with Gasteiger partial charge in [-0.25, -0.2) is 4.39 Å². The third-order valence-electron chi connectivity index (χ3n) is 4.41. The van der Waals surface area contributed by atoms with Gasteiger partial charge in [0.2, 0.25) is 0 Å². The second-order valence-corrected chi connectivity index (χ2v) is 6.10. The zero-order valence-corrected chi connectivity index (χ0v) is 15.1. The molecule has 1 heterocycles. The molecule has 0 fully saturated rings. The molecule has 0 saturated carbocycles. The highest BCUT2D eigenvalue weighted by Gasteiger charge is 2.12. The molecule has 0 N–H and O–H groups in total. The summed E-state index contributed by atoms with van der Waals surface area (Å²) in [6, 6.07) is 15.9. The number of halogens is 1. The van der Waals surface area contributed by atoms with Gasteiger partial charge < -0.3 is 9.47 Å². The molecular formula is C22H20FN3O. The van der Waals surface area contributed by atoms with Crippen molar-refractivity contribution in [2.24, 2.45) is 0 Å². The lowest BCUT2D eigenvalue weighted by Gasteiger charge is -2.19. The number of nitriles is 1. The number of aryl methyl sites for hydroxylation is 1. The molecule has 0 atom stereocenters. The first-order chi connectivity index (χ1) is 13.1. The highest BCUT2D eigenvalue weighted by Crippen LogP contribution is 2.23. The van der Waals surface area contributed by atoms with E-state index in [9.17, 15) is 9.18 Å². The molecule has 136 valence electrons. The van der Waals surface area contributed by atoms with Crippen molar-refractivity contribution in [2.45, 2.75) is 19.9 Å². The van der Waals surface area contributed by atoms with Crippen LogP contribution in [0, 0.1) is 17.1 Å². The Morgan fingerprint density at radius 3 is 2.67 bits per heavy atom. The van der Waals surface area contributed by atoms with Gasteiger partial charge in [0.25, 0.3) is 5.91 Å². The van der Waals surface area contributed by atoms with E-state index < -0.39 is 0 Å². The van der Waals surface area contributed by atoms with Crippen LogP contribution in [-0.4, -0.2) is 17.0 Å². The van der Waals surface area contributed by atoms with Crippen molar-refractivity contribution < 1.29 is 9.18 Å². The van der Waals surface area contributed by atoms with Crippen LogP contribution in [0.2, 0.25) is 0 Å². The van der Waals surface area contributed by atoms with Gasteiger partial charge in [0, 0.05) is 47.5 Å². The van der Waals surface area contributed by atoms with Gasteiger partial charge in [-0.2, -0.15) is 5.26 Å². The van der Waals surface area contributed by atoms with Gasteiger partial charge >= 0.3 is 0 Å². The van der Waals surface area contributed by atoms with Crippen molar-refractivity contribution in [3.63, 3.8) is 0 Å². The zero-order valence-electron chi connectivity index (χ0n) is 15.1. The third kappa shape index (κ3) is 4.06. The molecule has 0 unspecified atom stereocenters. The first-order valence-electron chi connectivity index (χ1n) is 8.84. The Bertz CT molecular complexity index is 1010. The Hall–Kier alpha value is -3.39. The topological polar surface area (TPSA) is 49.0 Å². The van der Waals surface area contributed by atoms with Gasteiger partial charge in [0.15, 0.2) is 0 Å². The van der Waals surface area contributed by atoms with E-state index in [1.54, 1.807) is 23.1 Å². The highest BCUT2D eigenvalue weighted by atomic mass is 19.1. The number of carbonyl (C=O) groups excluding carboxylic acids is 1. The number of aromatic nitrogens is 1. The number of anilines is 1. The molecule has 1 aromatic heterocycles. The Morgan fingerprint density at radius 1 is 1.22 bits per heavy atom. The standard InChI is InChI=1S/C22H20FN3O/c1-2-26(19-11-9-18(23)10-12-19)22(27)13-8-17-16-25(15-5-14-24)21-7-4-3-6-20(17)21/h3-4,6-13,16H,2,5,15H2,1H3/b13-8+. The van der Waals surface area contributed by atoms with E-state index in [0.29, 0.717) is 25.2 Å². The number of hydrogen-bond donors (Lipinski definition) is 0. The smallest absolute Gasteiger partial charge is 0.250 e. The molecule has 0 aliphatic carbocycles. The summed E-state index contributed by atoms with van der Waals surface area (Å²) in [7, 11) is 0. The molecule has 0 bridgehead atoms. The minimum Gasteiger partial charge on any atom is -0.346 e. The second-order valence-electron chi connectivity index (χ2n) is 6.10. The minimum absolute atomic E-state index is 0.169. The van der Waals surface area contributed by atoms with Crippen LogP contribution in [0.15, 0.2) is 60.8 Å². The molecular weight excluding hydrogens is 341 g/mol. The van der Waals surface area contributed by atoms with Crippen LogP contribution < -0.4 is 4.90 Å². The Kier molecular flexibility index (Phi) is 5.68. The normalized spacial score (nSPS) is 11.0. The van der Waals surface area contributed by atoms with E-state index in [4.69, 9.17) is 5.26 Å². The lowest BCUT2D eigenvalue weighted by Crippen LogP contribution is -2.28. The molecule has 0 spiro atoms. The number of rotatable bonds is 6. The number of likely N-dealkylation sites (N-methyl/N-ethyl adjacent to an activating group) is 1. The largest absolute Gasteiger partial charge is 0.346 e. The number of benzene rings is 2. The number of carbonyl (C=O) groups is 1. The first kappa shape index (κ1) is 18.4. The van der Waals surface area contributed by atoms with E-state index in [-0.39, 0.29) is 11.7 Å². The molecule has 0 aliphatic rings. The van der Waals surface area contributed by atoms with Crippen LogP contribution >= 0.6 is 0 Å². The van der Waals surface area contributed by atoms with Crippen LogP contribution in [0.4, 0.5) is 10.1 Å². The van der Waals surface area contributed by atoms with Gasteiger partial charge in [-0.05, 0) is 43.3 Å². The number of nitrogens with zero attached hydrogens (tertiary/aromatic N) is 3. The average molecular weight is 361 g/mol. The number of hydrogen-bond acceptors (Lipinski definition) is 2. The second kappa shape index (κ2) is 8.33. The highest BCUT2D eigenvalue weighted by molar-refractivity contribution is 6.05. The van der Waals surface area contributed by atoms with Crippen LogP contribution in [-0.2, 0) is 11.3 Å². The van der Waals surface area contributed by atoms with Crippen LogP contribution in [0.25, 0.3) is 17.0 Å². The maximum absolute atomic E-state index is 13.1. The average Bonchev–Trinajstić information content (AvgIpc) is 3.04. The van der Waals surface area contributed by atoms with E-state index >= 15 is 0 Å². The van der Waals surface area contributed by atoms with Gasteiger partial charge in [-0.1, -0.05) is 18.2 Å². The van der Waals surface area contributed by atoms with E-state index in [1.807, 2.05) is 42.0 Å². The molecule has 0 saturated heterocycles. The molecule has 2 aromatic carbocycles. The lowest BCUT2D eigenvalue weighted by molar-refractivity contribution is -0.114. The summed E-state index contributed by atoms with van der Waals surface area (Å²) in [5.74, 6) is -0.499. The summed E-state index contributed by atoms with van der Waals surface area (Å²) in [5.41, 5.74) is 2.61. The van der Waals surface area contributed by atoms with Crippen molar-refractivity contribution in [3.8, 4) is 6.07 Å². The molecule has 5 heteroatoms. The number of amides is 1. The molecule has 0 radical (unpaired) electrons. The van der Waals surface area contributed by atoms with Gasteiger partial charge in [-0.3, -0.25) is 4.79 Å². The SMILES string of the molecule is CCN(C(=O)/C=C/c1cn(CCC#N)c2ccccc12)c1ccc(F)cc1. The fourth-order valence-electron chi connectivity index (χ4n) is 3.10. The third-order valence-corrected chi connectivity index (χ3v) is 4.41. The fourth-order valence-corrected chi connectivity index (χ4v) is 3.10. The zero-order chi connectivity index (χ0) is 19.2. The maximum Gasteiger partial charge on any atom is 0.250 e. The van der Waals surface area contributed by atoms with E-state index in [0.717, 1.165) is 16.5 Å². The predicted octanol–water partition coefficient (Wildman–Crippen LogP) is 4.76. The predicted molar refractivity (Wildman–Crippen MR) is 106 cm³/mol. The van der Waals surface area contributed by atoms with Crippen molar-refractivity contribution in [2.75, 3.05) is 11.4 Å². The first-order valence-corrected chi connectivity index (χ1v) is 8.84. The van der Waals surface area contributed by atoms with Crippen LogP contribution in [0.3, 0.4) is 0 Å². The number of para-hydroxylation sites is 1. The Labute approximate surface area is 157 Å². The monoisotopic (exact) mass is 361 g/mol. The van der Waals surface area contributed by atoms with Crippen molar-refractivity contribution in [1.29, 1.82) is 5.26 Å². The minimum atomic E-state index is -0.331. The molecule has 3 rings (SSSR count). The Balaban J connectivity index is 1.87. The summed E-state index contributed by atoms with van der Waals surface area (Å²) in [6.07, 6.45) is 5.71. The van der Waals surface area contributed by atoms with Gasteiger partial charge in [0.1, 0.15) is 5.82 Å². The quantitative estimate of drug-likeness (QED) is 0.594. The molecule has 3 aromatic rings. The number of fused-ring (bicyclic) bond motifs is 1. The molecule has 1 amide bonds. The fraction of sp³-hybridized carbons (Fsp3) is 0.182. The summed E-state index contributed by atoms with van der Waals surface area (Å²) in [6.45, 7) is 2.97. The van der Waals surface area contributed by atoms with Crippen molar-refractivity contribution in [1.82, 2.24) is 4.57 Å². The van der Waals surface area contributed by atoms with Crippen LogP contribution in [0.1, 0.15) is 18.9 Å². The summed E-state index contributed by atoms with van der Waals surface area (Å²) < 4.78 is 15.2. The Morgan fingerprint density at radius 2 is 1.96 bits per heavy atom. The maximum atomic E-state index is 13.1. The van der Waals surface area contributed by atoms with E-state index in [1.165, 1.54) is 18.2 Å². The van der Waals surface area contributed by atoms with Crippen LogP contribution in [0.5, 0.6) is 0 Å². The van der Waals surface area contributed by atoms with E-state index in [2.05, 4.69) is 6.07 Å². The molecule has 27 heavy (non-hydrogen) atoms. The molecule has 0 aliphatic heterocycles. The molecule has 4 nitrogen and oxygen atoms in total. The van der Waals surface area contributed by atoms with Crippen molar-refractivity contribution >= 4 is 28.6 Å². The summed E-state index contributed by atoms with van der Waals surface area (Å²) in [5, 5.41) is 9.88.